The molecule has 0 heterocycles. The van der Waals surface area contributed by atoms with Gasteiger partial charge in [-0.15, -0.1) is 0 Å². The summed E-state index contributed by atoms with van der Waals surface area (Å²) < 4.78 is 4.89. The van der Waals surface area contributed by atoms with E-state index in [-0.39, 0.29) is 5.97 Å². The van der Waals surface area contributed by atoms with Crippen LogP contribution >= 0.6 is 21.6 Å². The highest BCUT2D eigenvalue weighted by Gasteiger charge is 2.10. The summed E-state index contributed by atoms with van der Waals surface area (Å²) in [6.07, 6.45) is 2.57. The molecule has 0 radical (unpaired) electrons. The largest absolute Gasteiger partial charge is 0.469 e. The van der Waals surface area contributed by atoms with E-state index in [9.17, 15) is 4.79 Å². The smallest absolute Gasteiger partial charge is 0.305 e. The minimum Gasteiger partial charge on any atom is -0.469 e. The topological polar surface area (TPSA) is 26.3 Å². The van der Waals surface area contributed by atoms with Crippen molar-refractivity contribution >= 4 is 27.6 Å². The molecule has 0 saturated heterocycles. The van der Waals surface area contributed by atoms with Gasteiger partial charge in [-0.2, -0.15) is 0 Å². The Balaban J connectivity index is 3.18. The van der Waals surface area contributed by atoms with E-state index in [1.54, 1.807) is 0 Å². The number of carbonyl (C=O) groups excluding carboxylic acids is 1. The molecule has 0 aliphatic heterocycles. The van der Waals surface area contributed by atoms with E-state index in [2.05, 4.69) is 25.5 Å². The van der Waals surface area contributed by atoms with E-state index in [4.69, 9.17) is 0 Å². The molecule has 0 bridgehead atoms. The van der Waals surface area contributed by atoms with Crippen LogP contribution in [0.25, 0.3) is 0 Å². The van der Waals surface area contributed by atoms with E-state index in [1.807, 2.05) is 21.6 Å². The van der Waals surface area contributed by atoms with Crippen LogP contribution in [0.15, 0.2) is 0 Å². The summed E-state index contributed by atoms with van der Waals surface area (Å²) in [5.74, 6) is 1.01. The molecule has 0 N–H and O–H groups in total. The number of rotatable bonds is 6. The van der Waals surface area contributed by atoms with Gasteiger partial charge in [0.1, 0.15) is 0 Å². The Labute approximate surface area is 94.9 Å². The van der Waals surface area contributed by atoms with E-state index in [1.165, 1.54) is 7.11 Å². The van der Waals surface area contributed by atoms with Crippen LogP contribution in [0.3, 0.4) is 0 Å². The number of hydrogen-bond acceptors (Lipinski definition) is 4. The molecule has 4 heteroatoms. The van der Waals surface area contributed by atoms with Gasteiger partial charge < -0.3 is 4.74 Å². The maximum atomic E-state index is 10.8. The van der Waals surface area contributed by atoms with Gasteiger partial charge in [-0.25, -0.2) is 0 Å². The summed E-state index contributed by atoms with van der Waals surface area (Å²) in [6.45, 7) is 6.62. The fraction of sp³-hybridized carbons (Fsp3) is 0.900. The molecule has 0 aromatic heterocycles. The van der Waals surface area contributed by atoms with Gasteiger partial charge in [0.05, 0.1) is 7.11 Å². The maximum Gasteiger partial charge on any atom is 0.305 e. The lowest BCUT2D eigenvalue weighted by Gasteiger charge is -2.15. The van der Waals surface area contributed by atoms with Gasteiger partial charge in [-0.05, 0) is 12.8 Å². The SMILES string of the molecule is COC(=O)CCCCSSC(C)(C)C. The van der Waals surface area contributed by atoms with Crippen molar-refractivity contribution in [1.29, 1.82) is 0 Å². The van der Waals surface area contributed by atoms with Crippen LogP contribution in [-0.4, -0.2) is 23.6 Å². The molecule has 0 aliphatic carbocycles. The highest BCUT2D eigenvalue weighted by Crippen LogP contribution is 2.35. The molecule has 0 fully saturated rings. The molecule has 0 aromatic rings. The van der Waals surface area contributed by atoms with Gasteiger partial charge in [0.25, 0.3) is 0 Å². The zero-order valence-electron chi connectivity index (χ0n) is 9.46. The lowest BCUT2D eigenvalue weighted by molar-refractivity contribution is -0.140. The van der Waals surface area contributed by atoms with Crippen molar-refractivity contribution in [3.8, 4) is 0 Å². The first-order chi connectivity index (χ1) is 6.45. The van der Waals surface area contributed by atoms with Crippen molar-refractivity contribution in [3.05, 3.63) is 0 Å². The third-order valence-corrected chi connectivity index (χ3v) is 4.82. The molecule has 0 rings (SSSR count). The molecule has 0 aromatic carbocycles. The molecular weight excluding hydrogens is 216 g/mol. The van der Waals surface area contributed by atoms with E-state index < -0.39 is 0 Å². The monoisotopic (exact) mass is 236 g/mol. The lowest BCUT2D eigenvalue weighted by atomic mass is 10.2. The van der Waals surface area contributed by atoms with Gasteiger partial charge in [0.2, 0.25) is 0 Å². The molecule has 2 nitrogen and oxygen atoms in total. The minimum absolute atomic E-state index is 0.0986. The van der Waals surface area contributed by atoms with Crippen molar-refractivity contribution < 1.29 is 9.53 Å². The van der Waals surface area contributed by atoms with Crippen LogP contribution in [0.1, 0.15) is 40.0 Å². The first-order valence-corrected chi connectivity index (χ1v) is 7.15. The van der Waals surface area contributed by atoms with Crippen LogP contribution in [0.2, 0.25) is 0 Å². The second kappa shape index (κ2) is 7.46. The Kier molecular flexibility index (Phi) is 7.55. The first kappa shape index (κ1) is 14.2. The predicted molar refractivity (Wildman–Crippen MR) is 65.7 cm³/mol. The normalized spacial score (nSPS) is 11.4. The fourth-order valence-corrected chi connectivity index (χ4v) is 3.17. The summed E-state index contributed by atoms with van der Waals surface area (Å²) in [5, 5.41) is 0. The van der Waals surface area contributed by atoms with Gasteiger partial charge >= 0.3 is 5.97 Å². The summed E-state index contributed by atoms with van der Waals surface area (Å²) >= 11 is 0. The standard InChI is InChI=1S/C10H20O2S2/c1-10(2,3)14-13-8-6-5-7-9(11)12-4/h5-8H2,1-4H3. The van der Waals surface area contributed by atoms with E-state index >= 15 is 0 Å². The van der Waals surface area contributed by atoms with Crippen LogP contribution in [0.5, 0.6) is 0 Å². The number of methoxy groups -OCH3 is 1. The Morgan fingerprint density at radius 2 is 1.93 bits per heavy atom. The minimum atomic E-state index is -0.0986. The highest BCUT2D eigenvalue weighted by molar-refractivity contribution is 8.77. The number of hydrogen-bond donors (Lipinski definition) is 0. The average molecular weight is 236 g/mol. The zero-order chi connectivity index (χ0) is 11.0. The van der Waals surface area contributed by atoms with Gasteiger partial charge in [0, 0.05) is 16.9 Å². The van der Waals surface area contributed by atoms with Crippen molar-refractivity contribution in [2.24, 2.45) is 0 Å². The fourth-order valence-electron chi connectivity index (χ4n) is 0.751. The quantitative estimate of drug-likeness (QED) is 0.400. The molecule has 0 spiro atoms. The Morgan fingerprint density at radius 3 is 2.43 bits per heavy atom. The number of carbonyl (C=O) groups is 1. The molecule has 14 heavy (non-hydrogen) atoms. The predicted octanol–water partition coefficient (Wildman–Crippen LogP) is 3.51. The van der Waals surface area contributed by atoms with Crippen LogP contribution in [-0.2, 0) is 9.53 Å². The second-order valence-corrected chi connectivity index (χ2v) is 7.29. The summed E-state index contributed by atoms with van der Waals surface area (Å²) in [5.41, 5.74) is 0. The first-order valence-electron chi connectivity index (χ1n) is 4.83. The van der Waals surface area contributed by atoms with Crippen molar-refractivity contribution in [3.63, 3.8) is 0 Å². The molecule has 0 atom stereocenters. The summed E-state index contributed by atoms with van der Waals surface area (Å²) in [7, 11) is 5.22. The van der Waals surface area contributed by atoms with Crippen molar-refractivity contribution in [2.75, 3.05) is 12.9 Å². The zero-order valence-corrected chi connectivity index (χ0v) is 11.1. The van der Waals surface area contributed by atoms with Crippen LogP contribution < -0.4 is 0 Å². The third-order valence-electron chi connectivity index (χ3n) is 1.40. The highest BCUT2D eigenvalue weighted by atomic mass is 33.1. The number of ether oxygens (including phenoxy) is 1. The summed E-state index contributed by atoms with van der Waals surface area (Å²) in [4.78, 5) is 10.8. The van der Waals surface area contributed by atoms with E-state index in [0.717, 1.165) is 18.6 Å². The lowest BCUT2D eigenvalue weighted by Crippen LogP contribution is -2.04. The average Bonchev–Trinajstić information content (AvgIpc) is 2.08. The molecular formula is C10H20O2S2. The van der Waals surface area contributed by atoms with Crippen LogP contribution in [0.4, 0.5) is 0 Å². The summed E-state index contributed by atoms with van der Waals surface area (Å²) in [6, 6.07) is 0. The Hall–Kier alpha value is 0.170. The van der Waals surface area contributed by atoms with E-state index in [0.29, 0.717) is 11.2 Å². The van der Waals surface area contributed by atoms with Gasteiger partial charge in [-0.3, -0.25) is 4.79 Å². The Bertz CT molecular complexity index is 164. The van der Waals surface area contributed by atoms with Crippen molar-refractivity contribution in [1.82, 2.24) is 0 Å². The Morgan fingerprint density at radius 1 is 1.29 bits per heavy atom. The third kappa shape index (κ3) is 10.3. The van der Waals surface area contributed by atoms with Crippen molar-refractivity contribution in [2.45, 2.75) is 44.8 Å². The number of unbranched alkanes of at least 4 members (excludes halogenated alkanes) is 1. The van der Waals surface area contributed by atoms with Crippen LogP contribution in [0, 0.1) is 0 Å². The molecule has 0 amide bonds. The molecule has 0 saturated carbocycles. The molecule has 0 unspecified atom stereocenters. The second-order valence-electron chi connectivity index (χ2n) is 4.05. The van der Waals surface area contributed by atoms with Gasteiger partial charge in [-0.1, -0.05) is 42.4 Å². The van der Waals surface area contributed by atoms with Gasteiger partial charge in [0.15, 0.2) is 0 Å². The maximum absolute atomic E-state index is 10.8. The number of esters is 1. The molecule has 0 aliphatic rings. The molecule has 84 valence electrons.